The first kappa shape index (κ1) is 14.7. The summed E-state index contributed by atoms with van der Waals surface area (Å²) >= 11 is 0. The van der Waals surface area contributed by atoms with Crippen molar-refractivity contribution < 1.29 is 9.21 Å². The number of hydrogen-bond acceptors (Lipinski definition) is 3. The van der Waals surface area contributed by atoms with E-state index in [1.165, 1.54) is 25.7 Å². The van der Waals surface area contributed by atoms with Crippen LogP contribution in [0.25, 0.3) is 11.0 Å². The van der Waals surface area contributed by atoms with Gasteiger partial charge in [0.25, 0.3) is 0 Å². The Morgan fingerprint density at radius 3 is 2.88 bits per heavy atom. The molecule has 3 fully saturated rings. The molecular weight excluding hydrogens is 298 g/mol. The van der Waals surface area contributed by atoms with Gasteiger partial charge in [0.2, 0.25) is 5.78 Å². The van der Waals surface area contributed by atoms with E-state index in [-0.39, 0.29) is 11.2 Å². The number of carbonyl (C=O) groups is 1. The van der Waals surface area contributed by atoms with E-state index >= 15 is 0 Å². The highest BCUT2D eigenvalue weighted by molar-refractivity contribution is 6.02. The minimum Gasteiger partial charge on any atom is -0.451 e. The van der Waals surface area contributed by atoms with Crippen molar-refractivity contribution in [1.29, 1.82) is 0 Å². The molecule has 0 N–H and O–H groups in total. The molecule has 4 unspecified atom stereocenters. The first-order valence-corrected chi connectivity index (χ1v) is 9.46. The SMILES string of the molecule is Cc1cnc(C)c2oc(C(=O)C34CC5CCCC(C3)C(C5)C4)cc12. The van der Waals surface area contributed by atoms with Crippen LogP contribution in [0, 0.1) is 37.0 Å². The van der Waals surface area contributed by atoms with Crippen LogP contribution in [0.4, 0.5) is 0 Å². The molecule has 126 valence electrons. The first-order chi connectivity index (χ1) is 11.6. The number of carbonyl (C=O) groups excluding carboxylic acids is 1. The van der Waals surface area contributed by atoms with E-state index in [0.717, 1.165) is 59.2 Å². The van der Waals surface area contributed by atoms with Crippen molar-refractivity contribution in [3.8, 4) is 0 Å². The summed E-state index contributed by atoms with van der Waals surface area (Å²) in [6, 6.07) is 1.98. The van der Waals surface area contributed by atoms with Crippen LogP contribution < -0.4 is 0 Å². The molecule has 0 aliphatic heterocycles. The van der Waals surface area contributed by atoms with Gasteiger partial charge in [0.1, 0.15) is 0 Å². The molecule has 2 aromatic heterocycles. The predicted molar refractivity (Wildman–Crippen MR) is 93.0 cm³/mol. The lowest BCUT2D eigenvalue weighted by Gasteiger charge is -2.36. The van der Waals surface area contributed by atoms with E-state index in [4.69, 9.17) is 4.42 Å². The Hall–Kier alpha value is -1.64. The highest BCUT2D eigenvalue weighted by atomic mass is 16.3. The second kappa shape index (κ2) is 4.93. The van der Waals surface area contributed by atoms with Gasteiger partial charge >= 0.3 is 0 Å². The normalized spacial score (nSPS) is 34.7. The molecule has 2 aromatic rings. The van der Waals surface area contributed by atoms with E-state index < -0.39 is 0 Å². The van der Waals surface area contributed by atoms with Gasteiger partial charge < -0.3 is 4.42 Å². The third-order valence-electron chi connectivity index (χ3n) is 7.12. The Balaban J connectivity index is 1.57. The first-order valence-electron chi connectivity index (χ1n) is 9.46. The monoisotopic (exact) mass is 323 g/mol. The van der Waals surface area contributed by atoms with Crippen molar-refractivity contribution in [2.45, 2.75) is 58.8 Å². The smallest absolute Gasteiger partial charge is 0.204 e. The molecule has 3 aliphatic rings. The fourth-order valence-electron chi connectivity index (χ4n) is 6.08. The van der Waals surface area contributed by atoms with E-state index in [1.54, 1.807) is 0 Å². The van der Waals surface area contributed by atoms with Crippen molar-refractivity contribution in [1.82, 2.24) is 4.98 Å². The lowest BCUT2D eigenvalue weighted by atomic mass is 9.67. The minimum absolute atomic E-state index is 0.137. The summed E-state index contributed by atoms with van der Waals surface area (Å²) < 4.78 is 6.05. The Labute approximate surface area is 142 Å². The molecule has 2 heterocycles. The maximum Gasteiger partial charge on any atom is 0.204 e. The summed E-state index contributed by atoms with van der Waals surface area (Å²) in [5.74, 6) is 3.16. The van der Waals surface area contributed by atoms with Gasteiger partial charge in [-0.15, -0.1) is 0 Å². The molecule has 0 spiro atoms. The molecule has 0 saturated heterocycles. The molecule has 0 radical (unpaired) electrons. The van der Waals surface area contributed by atoms with Crippen molar-refractivity contribution in [2.75, 3.05) is 0 Å². The zero-order valence-corrected chi connectivity index (χ0v) is 14.6. The number of furan rings is 1. The third-order valence-corrected chi connectivity index (χ3v) is 7.12. The van der Waals surface area contributed by atoms with Gasteiger partial charge in [-0.1, -0.05) is 19.3 Å². The lowest BCUT2D eigenvalue weighted by molar-refractivity contribution is 0.0644. The summed E-state index contributed by atoms with van der Waals surface area (Å²) in [4.78, 5) is 17.9. The van der Waals surface area contributed by atoms with Crippen LogP contribution >= 0.6 is 0 Å². The number of aromatic nitrogens is 1. The van der Waals surface area contributed by atoms with Crippen LogP contribution in [0.15, 0.2) is 16.7 Å². The number of ketones is 1. The van der Waals surface area contributed by atoms with Gasteiger partial charge in [0.15, 0.2) is 11.3 Å². The summed E-state index contributed by atoms with van der Waals surface area (Å²) in [6.07, 6.45) is 10.5. The van der Waals surface area contributed by atoms with Crippen LogP contribution in [-0.2, 0) is 0 Å². The topological polar surface area (TPSA) is 43.1 Å². The van der Waals surface area contributed by atoms with Crippen LogP contribution in [0.5, 0.6) is 0 Å². The quantitative estimate of drug-likeness (QED) is 0.710. The minimum atomic E-state index is -0.137. The number of Topliss-reactive ketones (excluding diaryl/α,β-unsaturated/α-hetero) is 1. The van der Waals surface area contributed by atoms with Gasteiger partial charge in [0.05, 0.1) is 5.69 Å². The molecule has 3 saturated carbocycles. The van der Waals surface area contributed by atoms with Crippen LogP contribution in [-0.4, -0.2) is 10.8 Å². The fourth-order valence-corrected chi connectivity index (χ4v) is 6.08. The molecule has 3 aliphatic carbocycles. The molecule has 4 atom stereocenters. The van der Waals surface area contributed by atoms with E-state index in [0.29, 0.717) is 5.76 Å². The Morgan fingerprint density at radius 2 is 2.04 bits per heavy atom. The maximum atomic E-state index is 13.5. The summed E-state index contributed by atoms with van der Waals surface area (Å²) in [6.45, 7) is 3.99. The standard InChI is InChI=1S/C21H25NO2/c1-12-11-22-13(2)19-17(12)7-18(24-19)20(23)21-8-14-4-3-5-15(9-21)16(6-14)10-21/h7,11,14-16H,3-6,8-10H2,1-2H3. The summed E-state index contributed by atoms with van der Waals surface area (Å²) in [5.41, 5.74) is 2.61. The Bertz CT molecular complexity index is 793. The number of aryl methyl sites for hydroxylation is 2. The van der Waals surface area contributed by atoms with Gasteiger partial charge in [0, 0.05) is 17.0 Å². The molecule has 5 rings (SSSR count). The number of hydrogen-bond donors (Lipinski definition) is 0. The molecule has 3 heteroatoms. The van der Waals surface area contributed by atoms with E-state index in [9.17, 15) is 4.79 Å². The number of fused-ring (bicyclic) bond motifs is 3. The van der Waals surface area contributed by atoms with Gasteiger partial charge in [-0.05, 0) is 68.9 Å². The number of nitrogens with zero attached hydrogens (tertiary/aromatic N) is 1. The predicted octanol–water partition coefficient (Wildman–Crippen LogP) is 5.23. The second-order valence-electron chi connectivity index (χ2n) is 8.65. The highest BCUT2D eigenvalue weighted by Crippen LogP contribution is 2.61. The number of rotatable bonds is 2. The largest absolute Gasteiger partial charge is 0.451 e. The van der Waals surface area contributed by atoms with Gasteiger partial charge in [-0.2, -0.15) is 0 Å². The van der Waals surface area contributed by atoms with Crippen molar-refractivity contribution in [3.63, 3.8) is 0 Å². The van der Waals surface area contributed by atoms with Gasteiger partial charge in [-0.3, -0.25) is 9.78 Å². The molecule has 3 nitrogen and oxygen atoms in total. The maximum absolute atomic E-state index is 13.5. The summed E-state index contributed by atoms with van der Waals surface area (Å²) in [7, 11) is 0. The molecule has 0 aromatic carbocycles. The molecule has 0 amide bonds. The van der Waals surface area contributed by atoms with Crippen molar-refractivity contribution in [3.05, 3.63) is 29.3 Å². The highest BCUT2D eigenvalue weighted by Gasteiger charge is 2.55. The number of pyridine rings is 1. The zero-order valence-electron chi connectivity index (χ0n) is 14.6. The summed E-state index contributed by atoms with van der Waals surface area (Å²) in [5, 5.41) is 1.05. The average molecular weight is 323 g/mol. The van der Waals surface area contributed by atoms with E-state index in [2.05, 4.69) is 4.98 Å². The Morgan fingerprint density at radius 1 is 1.21 bits per heavy atom. The third kappa shape index (κ3) is 1.96. The lowest BCUT2D eigenvalue weighted by Crippen LogP contribution is -2.34. The van der Waals surface area contributed by atoms with Crippen molar-refractivity contribution in [2.24, 2.45) is 23.2 Å². The fraction of sp³-hybridized carbons (Fsp3) is 0.619. The van der Waals surface area contributed by atoms with Crippen LogP contribution in [0.1, 0.15) is 66.8 Å². The van der Waals surface area contributed by atoms with Crippen LogP contribution in [0.2, 0.25) is 0 Å². The second-order valence-corrected chi connectivity index (χ2v) is 8.65. The van der Waals surface area contributed by atoms with Crippen LogP contribution in [0.3, 0.4) is 0 Å². The molecular formula is C21H25NO2. The average Bonchev–Trinajstić information content (AvgIpc) is 3.07. The van der Waals surface area contributed by atoms with E-state index in [1.807, 2.05) is 26.1 Å². The Kier molecular flexibility index (Phi) is 3.02. The molecule has 3 bridgehead atoms. The molecule has 24 heavy (non-hydrogen) atoms. The zero-order chi connectivity index (χ0) is 16.5. The van der Waals surface area contributed by atoms with Crippen molar-refractivity contribution >= 4 is 16.8 Å². The van der Waals surface area contributed by atoms with Gasteiger partial charge in [-0.25, -0.2) is 0 Å².